The van der Waals surface area contributed by atoms with Crippen molar-refractivity contribution in [2.24, 2.45) is 0 Å². The Labute approximate surface area is 120 Å². The van der Waals surface area contributed by atoms with Gasteiger partial charge >= 0.3 is 0 Å². The fourth-order valence-electron chi connectivity index (χ4n) is 1.94. The second kappa shape index (κ2) is 6.04. The van der Waals surface area contributed by atoms with Crippen molar-refractivity contribution in [2.75, 3.05) is 6.54 Å². The summed E-state index contributed by atoms with van der Waals surface area (Å²) < 4.78 is 0. The molecule has 0 aliphatic rings. The van der Waals surface area contributed by atoms with Crippen molar-refractivity contribution in [1.82, 2.24) is 0 Å². The summed E-state index contributed by atoms with van der Waals surface area (Å²) in [6.45, 7) is -0.163. The van der Waals surface area contributed by atoms with E-state index in [1.165, 1.54) is 0 Å². The van der Waals surface area contributed by atoms with Gasteiger partial charge in [-0.05, 0) is 35.4 Å². The van der Waals surface area contributed by atoms with Gasteiger partial charge in [-0.25, -0.2) is 0 Å². The molecule has 0 aliphatic heterocycles. The minimum absolute atomic E-state index is 0.163. The summed E-state index contributed by atoms with van der Waals surface area (Å²) in [4.78, 5) is 10.5. The molecule has 0 saturated heterocycles. The normalized spacial score (nSPS) is 10.7. The lowest BCUT2D eigenvalue weighted by Gasteiger charge is -2.14. The van der Waals surface area contributed by atoms with Crippen LogP contribution in [-0.2, 0) is 0 Å². The molecule has 0 N–H and O–H groups in total. The maximum absolute atomic E-state index is 10.8. The lowest BCUT2D eigenvalue weighted by atomic mass is 9.91. The highest BCUT2D eigenvalue weighted by molar-refractivity contribution is 6.30. The van der Waals surface area contributed by atoms with E-state index in [-0.39, 0.29) is 17.4 Å². The topological polar surface area (TPSA) is 43.1 Å². The molecule has 2 aromatic carbocycles. The van der Waals surface area contributed by atoms with Gasteiger partial charge < -0.3 is 0 Å². The highest BCUT2D eigenvalue weighted by atomic mass is 35.5. The van der Waals surface area contributed by atoms with Gasteiger partial charge in [0.15, 0.2) is 0 Å². The van der Waals surface area contributed by atoms with Crippen molar-refractivity contribution < 1.29 is 4.92 Å². The van der Waals surface area contributed by atoms with Crippen molar-refractivity contribution in [3.63, 3.8) is 0 Å². The van der Waals surface area contributed by atoms with E-state index in [4.69, 9.17) is 23.2 Å². The Morgan fingerprint density at radius 2 is 1.26 bits per heavy atom. The third-order valence-corrected chi connectivity index (χ3v) is 3.38. The Morgan fingerprint density at radius 3 is 1.58 bits per heavy atom. The van der Waals surface area contributed by atoms with Crippen LogP contribution in [0.1, 0.15) is 17.0 Å². The predicted octanol–water partition coefficient (Wildman–Crippen LogP) is 4.40. The number of nitro groups is 1. The van der Waals surface area contributed by atoms with Crippen LogP contribution >= 0.6 is 23.2 Å². The van der Waals surface area contributed by atoms with Crippen LogP contribution in [0.5, 0.6) is 0 Å². The molecule has 3 nitrogen and oxygen atoms in total. The molecular weight excluding hydrogens is 285 g/mol. The fourth-order valence-corrected chi connectivity index (χ4v) is 2.19. The molecular formula is C14H11Cl2NO2. The SMILES string of the molecule is O=[N+]([O-])CC(c1ccc(Cl)cc1)c1ccc(Cl)cc1. The first kappa shape index (κ1) is 13.8. The Bertz CT molecular complexity index is 522. The van der Waals surface area contributed by atoms with E-state index in [0.29, 0.717) is 10.0 Å². The van der Waals surface area contributed by atoms with Gasteiger partial charge in [-0.1, -0.05) is 47.5 Å². The van der Waals surface area contributed by atoms with Crippen LogP contribution in [-0.4, -0.2) is 11.5 Å². The van der Waals surface area contributed by atoms with Gasteiger partial charge in [-0.2, -0.15) is 0 Å². The summed E-state index contributed by atoms with van der Waals surface area (Å²) in [5.74, 6) is -0.301. The highest BCUT2D eigenvalue weighted by Crippen LogP contribution is 2.27. The van der Waals surface area contributed by atoms with Crippen LogP contribution in [0.3, 0.4) is 0 Å². The summed E-state index contributed by atoms with van der Waals surface area (Å²) >= 11 is 11.7. The Morgan fingerprint density at radius 1 is 0.895 bits per heavy atom. The number of halogens is 2. The number of rotatable bonds is 4. The molecule has 0 aromatic heterocycles. The van der Waals surface area contributed by atoms with Crippen molar-refractivity contribution in [2.45, 2.75) is 5.92 Å². The Hall–Kier alpha value is -1.58. The Kier molecular flexibility index (Phi) is 4.40. The van der Waals surface area contributed by atoms with Gasteiger partial charge in [0, 0.05) is 15.0 Å². The smallest absolute Gasteiger partial charge is 0.214 e. The molecule has 0 radical (unpaired) electrons. The van der Waals surface area contributed by atoms with Gasteiger partial charge in [0.2, 0.25) is 6.54 Å². The number of nitrogens with zero attached hydrogens (tertiary/aromatic N) is 1. The Balaban J connectivity index is 2.37. The largest absolute Gasteiger partial charge is 0.265 e. The van der Waals surface area contributed by atoms with Crippen LogP contribution in [0.15, 0.2) is 48.5 Å². The number of benzene rings is 2. The summed E-state index contributed by atoms with van der Waals surface area (Å²) in [6, 6.07) is 14.2. The molecule has 2 aromatic rings. The second-order valence-electron chi connectivity index (χ2n) is 4.17. The standard InChI is InChI=1S/C14H11Cl2NO2/c15-12-5-1-10(2-6-12)14(9-17(18)19)11-3-7-13(16)8-4-11/h1-8,14H,9H2. The molecule has 19 heavy (non-hydrogen) atoms. The zero-order chi connectivity index (χ0) is 13.8. The van der Waals surface area contributed by atoms with Gasteiger partial charge in [0.1, 0.15) is 0 Å². The maximum Gasteiger partial charge on any atom is 0.214 e. The van der Waals surface area contributed by atoms with Gasteiger partial charge in [0.05, 0.1) is 5.92 Å². The van der Waals surface area contributed by atoms with Crippen LogP contribution < -0.4 is 0 Å². The van der Waals surface area contributed by atoms with E-state index in [1.807, 2.05) is 24.3 Å². The first-order valence-electron chi connectivity index (χ1n) is 5.69. The van der Waals surface area contributed by atoms with E-state index >= 15 is 0 Å². The van der Waals surface area contributed by atoms with E-state index in [9.17, 15) is 10.1 Å². The van der Waals surface area contributed by atoms with E-state index in [0.717, 1.165) is 11.1 Å². The summed E-state index contributed by atoms with van der Waals surface area (Å²) in [5, 5.41) is 12.1. The van der Waals surface area contributed by atoms with E-state index < -0.39 is 0 Å². The summed E-state index contributed by atoms with van der Waals surface area (Å²) in [5.41, 5.74) is 1.73. The zero-order valence-electron chi connectivity index (χ0n) is 9.92. The van der Waals surface area contributed by atoms with Gasteiger partial charge in [-0.3, -0.25) is 10.1 Å². The van der Waals surface area contributed by atoms with Crippen molar-refractivity contribution in [3.8, 4) is 0 Å². The molecule has 0 atom stereocenters. The lowest BCUT2D eigenvalue weighted by Crippen LogP contribution is -2.13. The molecule has 0 heterocycles. The van der Waals surface area contributed by atoms with Crippen LogP contribution in [0.2, 0.25) is 10.0 Å². The molecule has 0 saturated carbocycles. The highest BCUT2D eigenvalue weighted by Gasteiger charge is 2.19. The second-order valence-corrected chi connectivity index (χ2v) is 5.04. The van der Waals surface area contributed by atoms with Crippen molar-refractivity contribution in [3.05, 3.63) is 79.8 Å². The maximum atomic E-state index is 10.8. The van der Waals surface area contributed by atoms with E-state index in [2.05, 4.69) is 0 Å². The molecule has 0 bridgehead atoms. The monoisotopic (exact) mass is 295 g/mol. The van der Waals surface area contributed by atoms with Crippen molar-refractivity contribution >= 4 is 23.2 Å². The predicted molar refractivity (Wildman–Crippen MR) is 76.6 cm³/mol. The lowest BCUT2D eigenvalue weighted by molar-refractivity contribution is -0.481. The average molecular weight is 296 g/mol. The van der Waals surface area contributed by atoms with Crippen LogP contribution in [0.4, 0.5) is 0 Å². The molecule has 98 valence electrons. The molecule has 5 heteroatoms. The molecule has 2 rings (SSSR count). The van der Waals surface area contributed by atoms with Gasteiger partial charge in [0.25, 0.3) is 0 Å². The molecule has 0 amide bonds. The van der Waals surface area contributed by atoms with Crippen LogP contribution in [0.25, 0.3) is 0 Å². The first-order chi connectivity index (χ1) is 9.06. The minimum atomic E-state index is -0.312. The zero-order valence-corrected chi connectivity index (χ0v) is 11.4. The molecule has 0 aliphatic carbocycles. The molecule has 0 spiro atoms. The summed E-state index contributed by atoms with van der Waals surface area (Å²) in [6.07, 6.45) is 0. The first-order valence-corrected chi connectivity index (χ1v) is 6.44. The number of hydrogen-bond acceptors (Lipinski definition) is 2. The fraction of sp³-hybridized carbons (Fsp3) is 0.143. The minimum Gasteiger partial charge on any atom is -0.265 e. The third-order valence-electron chi connectivity index (χ3n) is 2.88. The van der Waals surface area contributed by atoms with Crippen LogP contribution in [0, 0.1) is 10.1 Å². The molecule has 0 unspecified atom stereocenters. The van der Waals surface area contributed by atoms with Gasteiger partial charge in [-0.15, -0.1) is 0 Å². The van der Waals surface area contributed by atoms with Crippen molar-refractivity contribution in [1.29, 1.82) is 0 Å². The quantitative estimate of drug-likeness (QED) is 0.620. The third kappa shape index (κ3) is 3.69. The average Bonchev–Trinajstić information content (AvgIpc) is 2.38. The number of hydrogen-bond donors (Lipinski definition) is 0. The van der Waals surface area contributed by atoms with E-state index in [1.54, 1.807) is 24.3 Å². The summed E-state index contributed by atoms with van der Waals surface area (Å²) in [7, 11) is 0. The molecule has 0 fully saturated rings.